The summed E-state index contributed by atoms with van der Waals surface area (Å²) < 4.78 is 53.3. The van der Waals surface area contributed by atoms with Crippen molar-refractivity contribution in [1.29, 1.82) is 5.41 Å². The Hall–Kier alpha value is -4.13. The van der Waals surface area contributed by atoms with Crippen LogP contribution >= 0.6 is 0 Å². The number of likely N-dealkylation sites (N-methyl/N-ethyl adjacent to an activating group) is 1. The number of benzene rings is 1. The van der Waals surface area contributed by atoms with E-state index in [2.05, 4.69) is 35.9 Å². The second-order valence-corrected chi connectivity index (χ2v) is 10.6. The van der Waals surface area contributed by atoms with Crippen LogP contribution in [0.3, 0.4) is 0 Å². The molecule has 1 saturated heterocycles. The van der Waals surface area contributed by atoms with Gasteiger partial charge in [0.1, 0.15) is 11.5 Å². The molecule has 1 aromatic carbocycles. The Morgan fingerprint density at radius 3 is 2.41 bits per heavy atom. The Morgan fingerprint density at radius 1 is 1.20 bits per heavy atom. The number of carbonyl (C=O) groups is 2. The second kappa shape index (κ2) is 12.2. The summed E-state index contributed by atoms with van der Waals surface area (Å²) in [4.78, 5) is 31.0. The number of halogens is 4. The molecule has 13 heteroatoms. The van der Waals surface area contributed by atoms with Gasteiger partial charge in [0.2, 0.25) is 0 Å². The van der Waals surface area contributed by atoms with Crippen molar-refractivity contribution in [1.82, 2.24) is 24.4 Å². The quantitative estimate of drug-likeness (QED) is 0.200. The number of carbonyl (C=O) groups excluding carboxylic acids is 2. The Kier molecular flexibility index (Phi) is 9.32. The lowest BCUT2D eigenvalue weighted by Crippen LogP contribution is -2.59. The smallest absolute Gasteiger partial charge is 0.394 e. The largest absolute Gasteiger partial charge is 0.419 e. The number of nitrogens with zero attached hydrogens (tertiary/aromatic N) is 5. The summed E-state index contributed by atoms with van der Waals surface area (Å²) in [5.74, 6) is -1.52. The molecule has 0 radical (unpaired) electrons. The molecule has 0 saturated carbocycles. The van der Waals surface area contributed by atoms with E-state index in [1.54, 1.807) is 11.0 Å². The first-order valence-electron chi connectivity index (χ1n) is 12.8. The molecule has 0 aliphatic carbocycles. The molecule has 3 aromatic rings. The monoisotopic (exact) mass is 575 g/mol. The van der Waals surface area contributed by atoms with Crippen molar-refractivity contribution >= 4 is 24.1 Å². The third-order valence-electron chi connectivity index (χ3n) is 6.90. The van der Waals surface area contributed by atoms with Crippen molar-refractivity contribution in [3.05, 3.63) is 64.9 Å². The van der Waals surface area contributed by atoms with Gasteiger partial charge in [0.05, 0.1) is 23.2 Å². The molecular weight excluding hydrogens is 542 g/mol. The maximum Gasteiger partial charge on any atom is 0.419 e. The second-order valence-electron chi connectivity index (χ2n) is 10.6. The Labute approximate surface area is 235 Å². The number of piperazine rings is 1. The molecule has 1 aliphatic rings. The van der Waals surface area contributed by atoms with Crippen molar-refractivity contribution in [3.8, 4) is 11.3 Å². The summed E-state index contributed by atoms with van der Waals surface area (Å²) in [5.41, 5.74) is 6.27. The van der Waals surface area contributed by atoms with E-state index in [1.807, 2.05) is 13.8 Å². The molecule has 4 rings (SSSR count). The molecule has 2 aromatic heterocycles. The molecule has 1 fully saturated rings. The summed E-state index contributed by atoms with van der Waals surface area (Å²) in [6.45, 7) is 10.2. The first kappa shape index (κ1) is 31.4. The van der Waals surface area contributed by atoms with E-state index in [0.29, 0.717) is 36.8 Å². The van der Waals surface area contributed by atoms with E-state index >= 15 is 0 Å². The third-order valence-corrected chi connectivity index (χ3v) is 6.90. The number of hydrogen-bond donors (Lipinski definition) is 2. The van der Waals surface area contributed by atoms with Gasteiger partial charge in [-0.25, -0.2) is 13.9 Å². The van der Waals surface area contributed by atoms with Crippen LogP contribution < -0.4 is 5.73 Å². The molecule has 0 unspecified atom stereocenters. The number of fused-ring (bicyclic) bond motifs is 1. The van der Waals surface area contributed by atoms with Crippen molar-refractivity contribution in [2.45, 2.75) is 45.3 Å². The Bertz CT molecular complexity index is 1480. The molecule has 1 amide bonds. The first-order valence-corrected chi connectivity index (χ1v) is 12.8. The van der Waals surface area contributed by atoms with Gasteiger partial charge in [-0.3, -0.25) is 14.5 Å². The predicted octanol–water partition coefficient (Wildman–Crippen LogP) is 4.52. The van der Waals surface area contributed by atoms with E-state index in [0.717, 1.165) is 24.4 Å². The maximum absolute atomic E-state index is 13.9. The van der Waals surface area contributed by atoms with Crippen LogP contribution in [-0.2, 0) is 11.0 Å². The minimum atomic E-state index is -4.76. The van der Waals surface area contributed by atoms with E-state index < -0.39 is 17.6 Å². The summed E-state index contributed by atoms with van der Waals surface area (Å²) in [7, 11) is 2.05. The zero-order chi connectivity index (χ0) is 30.7. The van der Waals surface area contributed by atoms with E-state index in [1.165, 1.54) is 22.9 Å². The fraction of sp³-hybridized carbons (Fsp3) is 0.393. The van der Waals surface area contributed by atoms with Gasteiger partial charge in [-0.1, -0.05) is 19.9 Å². The van der Waals surface area contributed by atoms with Crippen molar-refractivity contribution < 1.29 is 27.2 Å². The SMILES string of the molecule is CC(C)c1cc(-c2ccc(C(F)(F)F)c(F)c2)nn2cc(C=O)nc12.CN1CCN(C(=O)/C(N)=C/C=N)CC1(C)C. The van der Waals surface area contributed by atoms with Crippen LogP contribution in [0.5, 0.6) is 0 Å². The fourth-order valence-electron chi connectivity index (χ4n) is 4.30. The highest BCUT2D eigenvalue weighted by atomic mass is 19.4. The number of allylic oxidation sites excluding steroid dienone is 1. The number of nitrogens with one attached hydrogen (secondary N) is 1. The minimum absolute atomic E-state index is 0.0189. The lowest BCUT2D eigenvalue weighted by atomic mass is 9.99. The number of hydrogen-bond acceptors (Lipinski definition) is 7. The van der Waals surface area contributed by atoms with Crippen LogP contribution in [0.25, 0.3) is 16.9 Å². The number of aldehydes is 1. The Balaban J connectivity index is 0.000000250. The zero-order valence-electron chi connectivity index (χ0n) is 23.5. The zero-order valence-corrected chi connectivity index (χ0v) is 23.5. The minimum Gasteiger partial charge on any atom is -0.394 e. The fourth-order valence-corrected chi connectivity index (χ4v) is 4.30. The third kappa shape index (κ3) is 7.15. The molecule has 3 heterocycles. The lowest BCUT2D eigenvalue weighted by Gasteiger charge is -2.45. The number of amides is 1. The van der Waals surface area contributed by atoms with Gasteiger partial charge in [0.15, 0.2) is 11.9 Å². The number of imidazole rings is 1. The van der Waals surface area contributed by atoms with Crippen LogP contribution in [0.15, 0.2) is 42.2 Å². The van der Waals surface area contributed by atoms with Gasteiger partial charge in [0, 0.05) is 42.5 Å². The van der Waals surface area contributed by atoms with Crippen molar-refractivity contribution in [2.24, 2.45) is 5.73 Å². The number of nitrogens with two attached hydrogens (primary N) is 1. The number of aromatic nitrogens is 3. The lowest BCUT2D eigenvalue weighted by molar-refractivity contribution is -0.140. The molecule has 0 spiro atoms. The van der Waals surface area contributed by atoms with Crippen LogP contribution in [0.4, 0.5) is 17.6 Å². The van der Waals surface area contributed by atoms with Crippen molar-refractivity contribution in [2.75, 3.05) is 26.7 Å². The van der Waals surface area contributed by atoms with Gasteiger partial charge in [0.25, 0.3) is 5.91 Å². The van der Waals surface area contributed by atoms with E-state index in [-0.39, 0.29) is 34.3 Å². The van der Waals surface area contributed by atoms with Crippen LogP contribution in [-0.4, -0.2) is 75.0 Å². The van der Waals surface area contributed by atoms with Gasteiger partial charge < -0.3 is 16.0 Å². The molecule has 0 bridgehead atoms. The standard InChI is InChI=1S/C17H13F4N3O.C11H20N4O/c1-9(2)12-6-15(23-24-7-11(8-25)22-16(12)24)10-3-4-13(14(18)5-10)17(19,20)21;1-11(2)8-15(7-6-14(11)3)10(16)9(13)4-5-12/h3-9H,1-2H3;4-5,12H,6-8,13H2,1-3H3/b;9-4-,12-5?. The summed E-state index contributed by atoms with van der Waals surface area (Å²) in [6.07, 6.45) is -0.400. The highest BCUT2D eigenvalue weighted by Gasteiger charge is 2.34. The van der Waals surface area contributed by atoms with Gasteiger partial charge in [-0.2, -0.15) is 18.3 Å². The first-order chi connectivity index (χ1) is 19.1. The van der Waals surface area contributed by atoms with Crippen LogP contribution in [0.1, 0.15) is 55.2 Å². The van der Waals surface area contributed by atoms with Crippen molar-refractivity contribution in [3.63, 3.8) is 0 Å². The predicted molar refractivity (Wildman–Crippen MR) is 147 cm³/mol. The number of alkyl halides is 3. The van der Waals surface area contributed by atoms with Gasteiger partial charge >= 0.3 is 6.18 Å². The maximum atomic E-state index is 13.9. The van der Waals surface area contributed by atoms with Crippen LogP contribution in [0, 0.1) is 11.2 Å². The highest BCUT2D eigenvalue weighted by molar-refractivity contribution is 5.96. The molecule has 220 valence electrons. The molecule has 1 aliphatic heterocycles. The van der Waals surface area contributed by atoms with Gasteiger partial charge in [-0.15, -0.1) is 0 Å². The molecule has 9 nitrogen and oxygen atoms in total. The highest BCUT2D eigenvalue weighted by Crippen LogP contribution is 2.34. The summed E-state index contributed by atoms with van der Waals surface area (Å²) >= 11 is 0. The Morgan fingerprint density at radius 2 is 1.88 bits per heavy atom. The average Bonchev–Trinajstić information content (AvgIpc) is 3.32. The normalized spacial score (nSPS) is 16.0. The number of rotatable bonds is 5. The molecule has 41 heavy (non-hydrogen) atoms. The van der Waals surface area contributed by atoms with Gasteiger partial charge in [-0.05, 0) is 51.1 Å². The van der Waals surface area contributed by atoms with E-state index in [4.69, 9.17) is 11.1 Å². The molecular formula is C28H33F4N7O2. The summed E-state index contributed by atoms with van der Waals surface area (Å²) in [6, 6.07) is 4.31. The molecule has 3 N–H and O–H groups in total. The molecule has 0 atom stereocenters. The van der Waals surface area contributed by atoms with E-state index in [9.17, 15) is 27.2 Å². The average molecular weight is 576 g/mol. The van der Waals surface area contributed by atoms with Crippen LogP contribution in [0.2, 0.25) is 0 Å². The summed E-state index contributed by atoms with van der Waals surface area (Å²) in [5, 5.41) is 11.1. The topological polar surface area (TPSA) is 121 Å².